The van der Waals surface area contributed by atoms with E-state index in [1.807, 2.05) is 13.8 Å². The van der Waals surface area contributed by atoms with E-state index in [0.717, 1.165) is 12.8 Å². The smallest absolute Gasteiger partial charge is 0.256 e. The number of nitrogens with one attached hydrogen (secondary N) is 1. The number of hydrogen-bond donors (Lipinski definition) is 1. The second-order valence-electron chi connectivity index (χ2n) is 6.13. The molecule has 3 rings (SSSR count). The number of imide groups is 1. The average Bonchev–Trinajstić information content (AvgIpc) is 3.25. The molecule has 1 atom stereocenters. The predicted molar refractivity (Wildman–Crippen MR) is 80.7 cm³/mol. The third-order valence-corrected chi connectivity index (χ3v) is 3.79. The van der Waals surface area contributed by atoms with E-state index in [4.69, 9.17) is 4.74 Å². The molecule has 2 heterocycles. The highest BCUT2D eigenvalue weighted by molar-refractivity contribution is 6.08. The van der Waals surface area contributed by atoms with Crippen LogP contribution >= 0.6 is 0 Å². The van der Waals surface area contributed by atoms with Crippen molar-refractivity contribution < 1.29 is 19.1 Å². The first-order valence-corrected chi connectivity index (χ1v) is 7.75. The number of carbonyl (C=O) groups excluding carboxylic acids is 3. The van der Waals surface area contributed by atoms with Crippen molar-refractivity contribution in [2.45, 2.75) is 51.3 Å². The Hall–Kier alpha value is -2.44. The number of hydrogen-bond acceptors (Lipinski definition) is 5. The van der Waals surface area contributed by atoms with Gasteiger partial charge in [-0.25, -0.2) is 4.98 Å². The van der Waals surface area contributed by atoms with Crippen molar-refractivity contribution in [2.75, 3.05) is 0 Å². The largest absolute Gasteiger partial charge is 0.475 e. The number of pyridine rings is 1. The van der Waals surface area contributed by atoms with Crippen molar-refractivity contribution in [3.05, 3.63) is 23.9 Å². The minimum Gasteiger partial charge on any atom is -0.475 e. The predicted octanol–water partition coefficient (Wildman–Crippen LogP) is 0.888. The number of carbonyl (C=O) groups is 3. The van der Waals surface area contributed by atoms with Gasteiger partial charge in [0.1, 0.15) is 6.04 Å². The molecule has 2 fully saturated rings. The summed E-state index contributed by atoms with van der Waals surface area (Å²) in [6.07, 6.45) is 3.19. The molecule has 2 aliphatic rings. The highest BCUT2D eigenvalue weighted by Gasteiger charge is 2.44. The Morgan fingerprint density at radius 2 is 2.09 bits per heavy atom. The van der Waals surface area contributed by atoms with Crippen molar-refractivity contribution >= 4 is 17.7 Å². The van der Waals surface area contributed by atoms with Gasteiger partial charge in [-0.3, -0.25) is 19.7 Å². The van der Waals surface area contributed by atoms with Crippen LogP contribution in [0.4, 0.5) is 0 Å². The molecule has 1 aromatic heterocycles. The second kappa shape index (κ2) is 5.98. The highest BCUT2D eigenvalue weighted by Crippen LogP contribution is 2.32. The summed E-state index contributed by atoms with van der Waals surface area (Å²) in [5, 5.41) is 2.26. The van der Waals surface area contributed by atoms with E-state index in [2.05, 4.69) is 10.3 Å². The van der Waals surface area contributed by atoms with Gasteiger partial charge in [-0.15, -0.1) is 0 Å². The zero-order valence-corrected chi connectivity index (χ0v) is 13.1. The molecular formula is C16H19N3O4. The summed E-state index contributed by atoms with van der Waals surface area (Å²) in [5.41, 5.74) is 0.389. The Bertz CT molecular complexity index is 637. The van der Waals surface area contributed by atoms with Gasteiger partial charge >= 0.3 is 0 Å². The third kappa shape index (κ3) is 3.33. The first-order valence-electron chi connectivity index (χ1n) is 7.75. The van der Waals surface area contributed by atoms with E-state index in [0.29, 0.717) is 11.4 Å². The van der Waals surface area contributed by atoms with Gasteiger partial charge in [0.2, 0.25) is 17.7 Å². The summed E-state index contributed by atoms with van der Waals surface area (Å²) in [6, 6.07) is 2.58. The monoisotopic (exact) mass is 317 g/mol. The zero-order chi connectivity index (χ0) is 16.6. The van der Waals surface area contributed by atoms with Crippen LogP contribution in [0.5, 0.6) is 5.88 Å². The second-order valence-corrected chi connectivity index (χ2v) is 6.13. The van der Waals surface area contributed by atoms with Crippen molar-refractivity contribution in [2.24, 2.45) is 0 Å². The number of amides is 3. The topological polar surface area (TPSA) is 88.6 Å². The summed E-state index contributed by atoms with van der Waals surface area (Å²) in [5.74, 6) is -0.561. The molecule has 1 saturated heterocycles. The lowest BCUT2D eigenvalue weighted by Crippen LogP contribution is -2.45. The summed E-state index contributed by atoms with van der Waals surface area (Å²) in [7, 11) is 0. The summed E-state index contributed by atoms with van der Waals surface area (Å²) < 4.78 is 5.46. The molecule has 0 bridgehead atoms. The molecule has 1 saturated carbocycles. The van der Waals surface area contributed by atoms with Gasteiger partial charge in [-0.05, 0) is 32.8 Å². The molecule has 1 aliphatic carbocycles. The lowest BCUT2D eigenvalue weighted by molar-refractivity contribution is -0.126. The van der Waals surface area contributed by atoms with Gasteiger partial charge in [0.25, 0.3) is 5.91 Å². The van der Waals surface area contributed by atoms with Gasteiger partial charge in [0.15, 0.2) is 0 Å². The maximum Gasteiger partial charge on any atom is 0.256 e. The van der Waals surface area contributed by atoms with Crippen molar-refractivity contribution in [1.29, 1.82) is 0 Å². The van der Waals surface area contributed by atoms with Gasteiger partial charge < -0.3 is 9.64 Å². The number of aromatic nitrogens is 1. The molecule has 23 heavy (non-hydrogen) atoms. The summed E-state index contributed by atoms with van der Waals surface area (Å²) in [6.45, 7) is 3.79. The first-order chi connectivity index (χ1) is 11.0. The lowest BCUT2D eigenvalue weighted by atomic mass is 10.1. The van der Waals surface area contributed by atoms with Crippen LogP contribution in [0.2, 0.25) is 0 Å². The quantitative estimate of drug-likeness (QED) is 0.815. The molecular weight excluding hydrogens is 298 g/mol. The van der Waals surface area contributed by atoms with E-state index in [-0.39, 0.29) is 30.4 Å². The fourth-order valence-corrected chi connectivity index (χ4v) is 2.65. The highest BCUT2D eigenvalue weighted by atomic mass is 16.5. The Labute approximate surface area is 134 Å². The molecule has 1 aromatic rings. The molecule has 1 aliphatic heterocycles. The molecule has 7 nitrogen and oxygen atoms in total. The van der Waals surface area contributed by atoms with Crippen LogP contribution in [-0.4, -0.2) is 45.8 Å². The van der Waals surface area contributed by atoms with E-state index in [1.165, 1.54) is 11.1 Å². The molecule has 0 radical (unpaired) electrons. The molecule has 3 amide bonds. The van der Waals surface area contributed by atoms with Gasteiger partial charge in [0, 0.05) is 18.3 Å². The molecule has 1 N–H and O–H groups in total. The maximum atomic E-state index is 12.8. The van der Waals surface area contributed by atoms with Crippen LogP contribution in [0.3, 0.4) is 0 Å². The number of nitrogens with zero attached hydrogens (tertiary/aromatic N) is 2. The minimum atomic E-state index is -0.714. The molecule has 1 unspecified atom stereocenters. The van der Waals surface area contributed by atoms with Crippen LogP contribution in [0, 0.1) is 0 Å². The summed E-state index contributed by atoms with van der Waals surface area (Å²) >= 11 is 0. The molecule has 0 spiro atoms. The molecule has 0 aromatic carbocycles. The standard InChI is InChI=1S/C16H19N3O4/c1-9(2)23-14-6-3-10(8-17-14)16(22)19(11-4-5-11)12-7-13(20)18-15(12)21/h3,6,8-9,11-12H,4-5,7H2,1-2H3,(H,18,20,21). The lowest BCUT2D eigenvalue weighted by Gasteiger charge is -2.26. The number of rotatable bonds is 5. The summed E-state index contributed by atoms with van der Waals surface area (Å²) in [4.78, 5) is 41.7. The van der Waals surface area contributed by atoms with Crippen molar-refractivity contribution in [1.82, 2.24) is 15.2 Å². The Morgan fingerprint density at radius 1 is 1.35 bits per heavy atom. The SMILES string of the molecule is CC(C)Oc1ccc(C(=O)N(C2CC2)C2CC(=O)NC2=O)cn1. The van der Waals surface area contributed by atoms with E-state index in [9.17, 15) is 14.4 Å². The van der Waals surface area contributed by atoms with Crippen LogP contribution < -0.4 is 10.1 Å². The van der Waals surface area contributed by atoms with Crippen LogP contribution in [0.25, 0.3) is 0 Å². The molecule has 122 valence electrons. The van der Waals surface area contributed by atoms with E-state index < -0.39 is 11.9 Å². The Morgan fingerprint density at radius 3 is 2.57 bits per heavy atom. The van der Waals surface area contributed by atoms with Crippen molar-refractivity contribution in [3.63, 3.8) is 0 Å². The normalized spacial score (nSPS) is 20.6. The molecule has 7 heteroatoms. The van der Waals surface area contributed by atoms with Crippen LogP contribution in [-0.2, 0) is 9.59 Å². The maximum absolute atomic E-state index is 12.8. The van der Waals surface area contributed by atoms with Crippen LogP contribution in [0.15, 0.2) is 18.3 Å². The fourth-order valence-electron chi connectivity index (χ4n) is 2.65. The van der Waals surface area contributed by atoms with E-state index in [1.54, 1.807) is 12.1 Å². The van der Waals surface area contributed by atoms with Crippen LogP contribution in [0.1, 0.15) is 43.5 Å². The van der Waals surface area contributed by atoms with Gasteiger partial charge in [0.05, 0.1) is 18.1 Å². The average molecular weight is 317 g/mol. The Kier molecular flexibility index (Phi) is 4.02. The fraction of sp³-hybridized carbons (Fsp3) is 0.500. The minimum absolute atomic E-state index is 0.000195. The van der Waals surface area contributed by atoms with Crippen molar-refractivity contribution in [3.8, 4) is 5.88 Å². The number of ether oxygens (including phenoxy) is 1. The van der Waals surface area contributed by atoms with E-state index >= 15 is 0 Å². The first kappa shape index (κ1) is 15.5. The van der Waals surface area contributed by atoms with Gasteiger partial charge in [-0.1, -0.05) is 0 Å². The zero-order valence-electron chi connectivity index (χ0n) is 13.1. The third-order valence-electron chi connectivity index (χ3n) is 3.79. The Balaban J connectivity index is 1.79. The van der Waals surface area contributed by atoms with Gasteiger partial charge in [-0.2, -0.15) is 0 Å².